The highest BCUT2D eigenvalue weighted by Crippen LogP contribution is 2.25. The highest BCUT2D eigenvalue weighted by Gasteiger charge is 2.05. The van der Waals surface area contributed by atoms with Gasteiger partial charge in [0.25, 0.3) is 0 Å². The van der Waals surface area contributed by atoms with Crippen molar-refractivity contribution in [2.75, 3.05) is 19.4 Å². The fourth-order valence-corrected chi connectivity index (χ4v) is 2.49. The van der Waals surface area contributed by atoms with Crippen molar-refractivity contribution in [3.05, 3.63) is 77.3 Å². The average molecular weight is 419 g/mol. The summed E-state index contributed by atoms with van der Waals surface area (Å²) < 4.78 is 4.07. The van der Waals surface area contributed by atoms with Gasteiger partial charge in [0.05, 0.1) is 10.0 Å². The molecule has 1 N–H and O–H groups in total. The van der Waals surface area contributed by atoms with Gasteiger partial charge in [0.2, 0.25) is 0 Å². The van der Waals surface area contributed by atoms with Crippen LogP contribution in [0, 0.1) is 0 Å². The van der Waals surface area contributed by atoms with E-state index in [2.05, 4.69) is 54.4 Å². The molecule has 0 unspecified atom stereocenters. The fraction of sp³-hybridized carbons (Fsp3) is 0.190. The van der Waals surface area contributed by atoms with Crippen molar-refractivity contribution in [1.82, 2.24) is 4.90 Å². The van der Waals surface area contributed by atoms with Crippen LogP contribution in [0.5, 0.6) is 0 Å². The molecule has 7 heteroatoms. The maximum atomic E-state index is 11.2. The molecule has 0 atom stereocenters. The molecule has 0 saturated carbocycles. The van der Waals surface area contributed by atoms with Crippen LogP contribution in [0.2, 0.25) is 10.0 Å². The smallest absolute Gasteiger partial charge is 0.321 e. The maximum absolute atomic E-state index is 11.2. The van der Waals surface area contributed by atoms with Gasteiger partial charge in [-0.05, 0) is 29.3 Å². The molecule has 0 spiro atoms. The number of rotatable bonds is 2. The second-order valence-corrected chi connectivity index (χ2v) is 7.27. The molecule has 0 aliphatic heterocycles. The van der Waals surface area contributed by atoms with E-state index >= 15 is 0 Å². The molecule has 0 aliphatic rings. The third kappa shape index (κ3) is 6.51. The van der Waals surface area contributed by atoms with Crippen LogP contribution in [-0.2, 0) is 14.1 Å². The number of hydrogen-bond acceptors (Lipinski definition) is 1. The van der Waals surface area contributed by atoms with Crippen LogP contribution >= 0.6 is 23.2 Å². The van der Waals surface area contributed by atoms with E-state index in [1.165, 1.54) is 16.0 Å². The molecule has 3 rings (SSSR count). The van der Waals surface area contributed by atoms with Crippen molar-refractivity contribution in [2.45, 2.75) is 0 Å². The van der Waals surface area contributed by atoms with Gasteiger partial charge in [0, 0.05) is 44.0 Å². The van der Waals surface area contributed by atoms with Gasteiger partial charge in [0.15, 0.2) is 24.8 Å². The normalized spacial score (nSPS) is 9.93. The van der Waals surface area contributed by atoms with Crippen LogP contribution in [0.15, 0.2) is 67.3 Å². The van der Waals surface area contributed by atoms with Crippen molar-refractivity contribution in [1.29, 1.82) is 0 Å². The second kappa shape index (κ2) is 10.1. The molecular weight excluding hydrogens is 395 g/mol. The number of carbonyl (C=O) groups is 1. The minimum atomic E-state index is -0.205. The van der Waals surface area contributed by atoms with Crippen LogP contribution in [0.25, 0.3) is 11.1 Å². The lowest BCUT2D eigenvalue weighted by Gasteiger charge is -2.12. The Labute approximate surface area is 175 Å². The van der Waals surface area contributed by atoms with E-state index in [4.69, 9.17) is 23.2 Å². The highest BCUT2D eigenvalue weighted by atomic mass is 35.5. The first-order valence-electron chi connectivity index (χ1n) is 8.60. The number of aryl methyl sites for hydroxylation is 2. The number of halogens is 2. The van der Waals surface area contributed by atoms with Gasteiger partial charge in [-0.15, -0.1) is 0 Å². The summed E-state index contributed by atoms with van der Waals surface area (Å²) in [4.78, 5) is 12.7. The first-order valence-corrected chi connectivity index (χ1v) is 9.36. The van der Waals surface area contributed by atoms with E-state index in [1.54, 1.807) is 32.3 Å². The molecule has 2 amide bonds. The van der Waals surface area contributed by atoms with E-state index in [0.717, 1.165) is 0 Å². The lowest BCUT2D eigenvalue weighted by Crippen LogP contribution is -2.27. The van der Waals surface area contributed by atoms with E-state index in [-0.39, 0.29) is 6.03 Å². The van der Waals surface area contributed by atoms with E-state index in [1.807, 2.05) is 23.2 Å². The van der Waals surface area contributed by atoms with Gasteiger partial charge in [-0.1, -0.05) is 23.2 Å². The summed E-state index contributed by atoms with van der Waals surface area (Å²) in [5.41, 5.74) is 3.13. The zero-order chi connectivity index (χ0) is 20.7. The molecule has 28 heavy (non-hydrogen) atoms. The van der Waals surface area contributed by atoms with Crippen LogP contribution in [0.3, 0.4) is 0 Å². The molecule has 5 nitrogen and oxygen atoms in total. The Morgan fingerprint density at radius 1 is 0.821 bits per heavy atom. The zero-order valence-corrected chi connectivity index (χ0v) is 17.9. The Morgan fingerprint density at radius 2 is 1.29 bits per heavy atom. The lowest BCUT2D eigenvalue weighted by atomic mass is 10.1. The van der Waals surface area contributed by atoms with Crippen LogP contribution in [-0.4, -0.2) is 25.0 Å². The topological polar surface area (TPSA) is 40.1 Å². The molecule has 0 radical (unpaired) electrons. The molecule has 0 aliphatic carbocycles. The second-order valence-electron chi connectivity index (χ2n) is 6.46. The number of amides is 2. The monoisotopic (exact) mass is 418 g/mol. The first-order chi connectivity index (χ1) is 13.3. The quantitative estimate of drug-likeness (QED) is 0.625. The van der Waals surface area contributed by atoms with Gasteiger partial charge in [-0.3, -0.25) is 0 Å². The predicted octanol–water partition coefficient (Wildman–Crippen LogP) is 4.09. The lowest BCUT2D eigenvalue weighted by molar-refractivity contribution is -0.671. The number of nitrogens with one attached hydrogen (secondary N) is 1. The number of urea groups is 1. The number of hydrogen-bond donors (Lipinski definition) is 1. The van der Waals surface area contributed by atoms with Crippen molar-refractivity contribution in [2.24, 2.45) is 14.1 Å². The zero-order valence-electron chi connectivity index (χ0n) is 16.4. The minimum Gasteiger partial charge on any atom is -0.331 e. The Balaban J connectivity index is 0.000000200. The van der Waals surface area contributed by atoms with Gasteiger partial charge < -0.3 is 10.2 Å². The third-order valence-electron chi connectivity index (χ3n) is 3.87. The number of aromatic nitrogens is 2. The SMILES string of the molecule is CN(C)C(=O)Nc1ccc(Cl)c(Cl)c1.C[n+]1ccc(-c2cc[n+](C)cc2)cc1. The molecule has 1 aromatic carbocycles. The minimum absolute atomic E-state index is 0.205. The first kappa shape index (κ1) is 21.7. The van der Waals surface area contributed by atoms with E-state index in [9.17, 15) is 4.79 Å². The number of carbonyl (C=O) groups excluding carboxylic acids is 1. The van der Waals surface area contributed by atoms with Crippen molar-refractivity contribution in [3.8, 4) is 11.1 Å². The number of nitrogens with zero attached hydrogens (tertiary/aromatic N) is 3. The molecule has 2 aromatic heterocycles. The van der Waals surface area contributed by atoms with Gasteiger partial charge in [-0.25, -0.2) is 13.9 Å². The van der Waals surface area contributed by atoms with Crippen molar-refractivity contribution >= 4 is 34.9 Å². The van der Waals surface area contributed by atoms with Crippen LogP contribution in [0.1, 0.15) is 0 Å². The van der Waals surface area contributed by atoms with Gasteiger partial charge in [0.1, 0.15) is 14.1 Å². The van der Waals surface area contributed by atoms with Gasteiger partial charge >= 0.3 is 6.03 Å². The Bertz CT molecular complexity index is 883. The average Bonchev–Trinajstić information content (AvgIpc) is 2.66. The molecule has 0 fully saturated rings. The van der Waals surface area contributed by atoms with Crippen molar-refractivity contribution < 1.29 is 13.9 Å². The van der Waals surface area contributed by atoms with Crippen LogP contribution in [0.4, 0.5) is 10.5 Å². The van der Waals surface area contributed by atoms with Crippen molar-refractivity contribution in [3.63, 3.8) is 0 Å². The highest BCUT2D eigenvalue weighted by molar-refractivity contribution is 6.42. The Kier molecular flexibility index (Phi) is 7.79. The maximum Gasteiger partial charge on any atom is 0.321 e. The summed E-state index contributed by atoms with van der Waals surface area (Å²) in [5.74, 6) is 0. The standard InChI is InChI=1S/C12H14N2.C9H10Cl2N2O/c1-13-7-3-11(4-8-13)12-5-9-14(2)10-6-12;1-13(2)9(14)12-6-3-4-7(10)8(11)5-6/h3-10H,1-2H3;3-5H,1-2H3,(H,12,14)/q+2;. The number of pyridine rings is 2. The Morgan fingerprint density at radius 3 is 1.68 bits per heavy atom. The Hall–Kier alpha value is -2.63. The number of benzene rings is 1. The molecule has 2 heterocycles. The summed E-state index contributed by atoms with van der Waals surface area (Å²) in [6.07, 6.45) is 8.23. The van der Waals surface area contributed by atoms with E-state index in [0.29, 0.717) is 15.7 Å². The summed E-state index contributed by atoms with van der Waals surface area (Å²) in [6.45, 7) is 0. The molecule has 3 aromatic rings. The predicted molar refractivity (Wildman–Crippen MR) is 113 cm³/mol. The molecular formula is C21H24Cl2N4O+2. The summed E-state index contributed by atoms with van der Waals surface area (Å²) >= 11 is 11.5. The van der Waals surface area contributed by atoms with Crippen LogP contribution < -0.4 is 14.5 Å². The molecule has 0 saturated heterocycles. The summed E-state index contributed by atoms with van der Waals surface area (Å²) in [5, 5.41) is 3.54. The summed E-state index contributed by atoms with van der Waals surface area (Å²) in [6, 6.07) is 13.2. The molecule has 146 valence electrons. The fourth-order valence-electron chi connectivity index (χ4n) is 2.20. The largest absolute Gasteiger partial charge is 0.331 e. The van der Waals surface area contributed by atoms with Gasteiger partial charge in [-0.2, -0.15) is 0 Å². The van der Waals surface area contributed by atoms with E-state index < -0.39 is 0 Å². The summed E-state index contributed by atoms with van der Waals surface area (Å²) in [7, 11) is 7.36. The third-order valence-corrected chi connectivity index (χ3v) is 4.61. The molecule has 0 bridgehead atoms. The number of anilines is 1.